The molecule has 0 N–H and O–H groups in total. The van der Waals surface area contributed by atoms with Crippen LogP contribution in [0.15, 0.2) is 47.4 Å². The topological polar surface area (TPSA) is 80.8 Å². The SMILES string of the molecule is Cc1ccc(C)c(C(=O)[C@H](C)OC(=O)c2cccc(S(=O)(=O)N(C)C(C)C)c2)c1. The van der Waals surface area contributed by atoms with Crippen molar-refractivity contribution in [3.05, 3.63) is 64.7 Å². The molecule has 0 saturated heterocycles. The number of ketones is 1. The van der Waals surface area contributed by atoms with E-state index in [0.29, 0.717) is 5.56 Å². The van der Waals surface area contributed by atoms with Gasteiger partial charge in [0.05, 0.1) is 10.5 Å². The molecule has 0 bridgehead atoms. The Bertz CT molecular complexity index is 1030. The first-order valence-corrected chi connectivity index (χ1v) is 10.8. The lowest BCUT2D eigenvalue weighted by Gasteiger charge is -2.21. The standard InChI is InChI=1S/C22H27NO5S/c1-14(2)23(6)29(26,27)19-9-7-8-18(13-19)22(25)28-17(5)21(24)20-12-15(3)10-11-16(20)4/h7-14,17H,1-6H3/t17-/m0/s1. The third kappa shape index (κ3) is 5.10. The summed E-state index contributed by atoms with van der Waals surface area (Å²) in [5.74, 6) is -1.05. The van der Waals surface area contributed by atoms with Crippen molar-refractivity contribution in [2.75, 3.05) is 7.05 Å². The van der Waals surface area contributed by atoms with E-state index in [2.05, 4.69) is 0 Å². The van der Waals surface area contributed by atoms with E-state index in [1.54, 1.807) is 19.9 Å². The first-order valence-electron chi connectivity index (χ1n) is 9.35. The number of esters is 1. The summed E-state index contributed by atoms with van der Waals surface area (Å²) in [7, 11) is -2.25. The van der Waals surface area contributed by atoms with Crippen molar-refractivity contribution in [3.8, 4) is 0 Å². The highest BCUT2D eigenvalue weighted by atomic mass is 32.2. The van der Waals surface area contributed by atoms with E-state index in [1.165, 1.54) is 42.5 Å². The predicted octanol–water partition coefficient (Wildman–Crippen LogP) is 3.76. The Morgan fingerprint density at radius 2 is 1.66 bits per heavy atom. The molecule has 2 aromatic carbocycles. The number of Topliss-reactive ketones (excluding diaryl/α,β-unsaturated/α-hetero) is 1. The van der Waals surface area contributed by atoms with Crippen LogP contribution in [0, 0.1) is 13.8 Å². The molecule has 6 nitrogen and oxygen atoms in total. The van der Waals surface area contributed by atoms with Gasteiger partial charge in [0.15, 0.2) is 6.10 Å². The van der Waals surface area contributed by atoms with E-state index in [9.17, 15) is 18.0 Å². The Morgan fingerprint density at radius 1 is 1.00 bits per heavy atom. The highest BCUT2D eigenvalue weighted by Gasteiger charge is 2.26. The van der Waals surface area contributed by atoms with Gasteiger partial charge in [0.1, 0.15) is 0 Å². The van der Waals surface area contributed by atoms with Gasteiger partial charge in [-0.25, -0.2) is 13.2 Å². The number of carbonyl (C=O) groups is 2. The minimum absolute atomic E-state index is 0.00309. The quantitative estimate of drug-likeness (QED) is 0.506. The Morgan fingerprint density at radius 3 is 2.28 bits per heavy atom. The van der Waals surface area contributed by atoms with Crippen LogP contribution in [-0.2, 0) is 14.8 Å². The molecule has 2 rings (SSSR count). The van der Waals surface area contributed by atoms with Crippen LogP contribution in [0.25, 0.3) is 0 Å². The third-order valence-electron chi connectivity index (χ3n) is 4.79. The van der Waals surface area contributed by atoms with Crippen LogP contribution in [0.4, 0.5) is 0 Å². The summed E-state index contributed by atoms with van der Waals surface area (Å²) in [4.78, 5) is 25.2. The number of ether oxygens (including phenoxy) is 1. The van der Waals surface area contributed by atoms with Crippen LogP contribution in [-0.4, -0.2) is 43.7 Å². The maximum Gasteiger partial charge on any atom is 0.338 e. The zero-order valence-electron chi connectivity index (χ0n) is 17.6. The fraction of sp³-hybridized carbons (Fsp3) is 0.364. The molecular formula is C22H27NO5S. The van der Waals surface area contributed by atoms with Gasteiger partial charge in [-0.2, -0.15) is 4.31 Å². The monoisotopic (exact) mass is 417 g/mol. The van der Waals surface area contributed by atoms with Crippen LogP contribution >= 0.6 is 0 Å². The molecule has 0 aliphatic rings. The fourth-order valence-corrected chi connectivity index (χ4v) is 4.14. The number of hydrogen-bond donors (Lipinski definition) is 0. The molecule has 0 radical (unpaired) electrons. The van der Waals surface area contributed by atoms with Crippen molar-refractivity contribution in [3.63, 3.8) is 0 Å². The van der Waals surface area contributed by atoms with Gasteiger partial charge in [-0.15, -0.1) is 0 Å². The van der Waals surface area contributed by atoms with E-state index in [-0.39, 0.29) is 22.3 Å². The average Bonchev–Trinajstić information content (AvgIpc) is 2.68. The average molecular weight is 418 g/mol. The molecule has 0 aliphatic carbocycles. The predicted molar refractivity (Wildman–Crippen MR) is 112 cm³/mol. The largest absolute Gasteiger partial charge is 0.451 e. The molecule has 0 saturated carbocycles. The minimum atomic E-state index is -3.73. The van der Waals surface area contributed by atoms with E-state index >= 15 is 0 Å². The smallest absolute Gasteiger partial charge is 0.338 e. The molecule has 29 heavy (non-hydrogen) atoms. The molecule has 0 unspecified atom stereocenters. The zero-order valence-corrected chi connectivity index (χ0v) is 18.4. The molecule has 1 atom stereocenters. The number of nitrogens with zero attached hydrogens (tertiary/aromatic N) is 1. The van der Waals surface area contributed by atoms with Gasteiger partial charge in [-0.3, -0.25) is 4.79 Å². The number of benzene rings is 2. The third-order valence-corrected chi connectivity index (χ3v) is 6.82. The van der Waals surface area contributed by atoms with Crippen LogP contribution in [0.1, 0.15) is 52.6 Å². The van der Waals surface area contributed by atoms with E-state index in [4.69, 9.17) is 4.74 Å². The second-order valence-electron chi connectivity index (χ2n) is 7.37. The molecule has 156 valence electrons. The second kappa shape index (κ2) is 8.88. The Hall–Kier alpha value is -2.51. The van der Waals surface area contributed by atoms with Crippen molar-refractivity contribution in [2.45, 2.75) is 51.7 Å². The van der Waals surface area contributed by atoms with Crippen molar-refractivity contribution in [1.29, 1.82) is 0 Å². The van der Waals surface area contributed by atoms with Crippen molar-refractivity contribution in [1.82, 2.24) is 4.31 Å². The highest BCUT2D eigenvalue weighted by Crippen LogP contribution is 2.20. The second-order valence-corrected chi connectivity index (χ2v) is 9.37. The van der Waals surface area contributed by atoms with Gasteiger partial charge in [-0.1, -0.05) is 23.8 Å². The molecule has 2 aromatic rings. The summed E-state index contributed by atoms with van der Waals surface area (Å²) in [6, 6.07) is 10.9. The van der Waals surface area contributed by atoms with Crippen LogP contribution < -0.4 is 0 Å². The van der Waals surface area contributed by atoms with Gasteiger partial charge in [0, 0.05) is 18.7 Å². The van der Waals surface area contributed by atoms with Crippen LogP contribution in [0.5, 0.6) is 0 Å². The summed E-state index contributed by atoms with van der Waals surface area (Å²) in [6.07, 6.45) is -0.999. The molecule has 7 heteroatoms. The van der Waals surface area contributed by atoms with Crippen molar-refractivity contribution >= 4 is 21.8 Å². The number of aryl methyl sites for hydroxylation is 2. The molecular weight excluding hydrogens is 390 g/mol. The minimum Gasteiger partial charge on any atom is -0.451 e. The first kappa shape index (κ1) is 22.8. The Kier molecular flexibility index (Phi) is 6.97. The van der Waals surface area contributed by atoms with Crippen molar-refractivity contribution < 1.29 is 22.7 Å². The van der Waals surface area contributed by atoms with Crippen LogP contribution in [0.2, 0.25) is 0 Å². The lowest BCUT2D eigenvalue weighted by molar-refractivity contribution is 0.0318. The molecule has 0 fully saturated rings. The summed E-state index contributed by atoms with van der Waals surface area (Å²) in [5.41, 5.74) is 2.31. The van der Waals surface area contributed by atoms with Gasteiger partial charge >= 0.3 is 5.97 Å². The van der Waals surface area contributed by atoms with Crippen LogP contribution in [0.3, 0.4) is 0 Å². The maximum atomic E-state index is 12.7. The van der Waals surface area contributed by atoms with Gasteiger partial charge in [0.2, 0.25) is 15.8 Å². The fourth-order valence-electron chi connectivity index (χ4n) is 2.73. The lowest BCUT2D eigenvalue weighted by Crippen LogP contribution is -2.33. The summed E-state index contributed by atoms with van der Waals surface area (Å²) in [5, 5.41) is 0. The first-order chi connectivity index (χ1) is 13.4. The van der Waals surface area contributed by atoms with E-state index < -0.39 is 22.1 Å². The summed E-state index contributed by atoms with van der Waals surface area (Å²) >= 11 is 0. The summed E-state index contributed by atoms with van der Waals surface area (Å²) < 4.78 is 31.9. The number of sulfonamides is 1. The summed E-state index contributed by atoms with van der Waals surface area (Å²) in [6.45, 7) is 8.73. The molecule has 0 aliphatic heterocycles. The number of hydrogen-bond acceptors (Lipinski definition) is 5. The molecule has 0 spiro atoms. The van der Waals surface area contributed by atoms with Gasteiger partial charge in [0.25, 0.3) is 0 Å². The van der Waals surface area contributed by atoms with Crippen molar-refractivity contribution in [2.24, 2.45) is 0 Å². The van der Waals surface area contributed by atoms with Gasteiger partial charge < -0.3 is 4.74 Å². The molecule has 0 heterocycles. The number of carbonyl (C=O) groups excluding carboxylic acids is 2. The van der Waals surface area contributed by atoms with E-state index in [0.717, 1.165) is 11.1 Å². The zero-order chi connectivity index (χ0) is 21.9. The van der Waals surface area contributed by atoms with Gasteiger partial charge in [-0.05, 0) is 64.4 Å². The number of rotatable bonds is 7. The Balaban J connectivity index is 2.23. The molecule has 0 aromatic heterocycles. The van der Waals surface area contributed by atoms with E-state index in [1.807, 2.05) is 26.0 Å². The Labute approximate surface area is 172 Å². The highest BCUT2D eigenvalue weighted by molar-refractivity contribution is 7.89. The maximum absolute atomic E-state index is 12.7. The normalized spacial score (nSPS) is 12.8. The molecule has 0 amide bonds. The lowest BCUT2D eigenvalue weighted by atomic mass is 9.99.